The van der Waals surface area contributed by atoms with Gasteiger partial charge in [-0.2, -0.15) is 0 Å². The Morgan fingerprint density at radius 1 is 1.29 bits per heavy atom. The van der Waals surface area contributed by atoms with E-state index in [1.807, 2.05) is 37.3 Å². The zero-order valence-electron chi connectivity index (χ0n) is 10.5. The number of esters is 1. The normalized spacial score (nSPS) is 12.1. The smallest absolute Gasteiger partial charge is 0.305 e. The molecule has 0 bridgehead atoms. The Morgan fingerprint density at radius 3 is 2.65 bits per heavy atom. The summed E-state index contributed by atoms with van der Waals surface area (Å²) in [5.41, 5.74) is 1.17. The minimum Gasteiger partial charge on any atom is -0.469 e. The predicted octanol–water partition coefficient (Wildman–Crippen LogP) is 2.79. The first-order valence-electron chi connectivity index (χ1n) is 5.91. The van der Waals surface area contributed by atoms with Gasteiger partial charge < -0.3 is 9.47 Å². The van der Waals surface area contributed by atoms with E-state index in [1.54, 1.807) is 0 Å². The highest BCUT2D eigenvalue weighted by molar-refractivity contribution is 5.69. The lowest BCUT2D eigenvalue weighted by Gasteiger charge is -2.10. The van der Waals surface area contributed by atoms with E-state index < -0.39 is 0 Å². The fraction of sp³-hybridized carbons (Fsp3) is 0.500. The van der Waals surface area contributed by atoms with Crippen LogP contribution in [0.3, 0.4) is 0 Å². The first kappa shape index (κ1) is 13.7. The SMILES string of the molecule is COC(=O)CC(C)CCOCc1ccccc1. The molecule has 17 heavy (non-hydrogen) atoms. The molecule has 0 amide bonds. The van der Waals surface area contributed by atoms with Gasteiger partial charge in [0.15, 0.2) is 0 Å². The van der Waals surface area contributed by atoms with Crippen LogP contribution in [-0.4, -0.2) is 19.7 Å². The van der Waals surface area contributed by atoms with E-state index in [2.05, 4.69) is 4.74 Å². The van der Waals surface area contributed by atoms with Gasteiger partial charge in [0.25, 0.3) is 0 Å². The molecule has 0 radical (unpaired) electrons. The molecule has 3 nitrogen and oxygen atoms in total. The Hall–Kier alpha value is -1.35. The standard InChI is InChI=1S/C14H20O3/c1-12(10-14(15)16-2)8-9-17-11-13-6-4-3-5-7-13/h3-7,12H,8-11H2,1-2H3. The Kier molecular flexibility index (Phi) is 6.33. The average Bonchev–Trinajstić information content (AvgIpc) is 2.36. The quantitative estimate of drug-likeness (QED) is 0.539. The van der Waals surface area contributed by atoms with E-state index in [0.29, 0.717) is 25.6 Å². The molecule has 0 spiro atoms. The minimum absolute atomic E-state index is 0.152. The molecular weight excluding hydrogens is 216 g/mol. The van der Waals surface area contributed by atoms with Crippen LogP contribution in [0.25, 0.3) is 0 Å². The van der Waals surface area contributed by atoms with Crippen LogP contribution < -0.4 is 0 Å². The molecule has 94 valence electrons. The zero-order valence-corrected chi connectivity index (χ0v) is 10.5. The molecule has 0 aliphatic carbocycles. The fourth-order valence-electron chi connectivity index (χ4n) is 1.52. The summed E-state index contributed by atoms with van der Waals surface area (Å²) in [7, 11) is 1.42. The van der Waals surface area contributed by atoms with Crippen molar-refractivity contribution in [1.82, 2.24) is 0 Å². The summed E-state index contributed by atoms with van der Waals surface area (Å²) in [5, 5.41) is 0. The Labute approximate surface area is 103 Å². The van der Waals surface area contributed by atoms with Crippen molar-refractivity contribution in [2.75, 3.05) is 13.7 Å². The molecule has 0 saturated heterocycles. The number of ether oxygens (including phenoxy) is 2. The Morgan fingerprint density at radius 2 is 2.00 bits per heavy atom. The maximum absolute atomic E-state index is 11.0. The van der Waals surface area contributed by atoms with Gasteiger partial charge in [0.2, 0.25) is 0 Å². The second-order valence-corrected chi connectivity index (χ2v) is 4.21. The van der Waals surface area contributed by atoms with Gasteiger partial charge in [-0.15, -0.1) is 0 Å². The van der Waals surface area contributed by atoms with Crippen LogP contribution in [0.2, 0.25) is 0 Å². The molecule has 0 saturated carbocycles. The maximum atomic E-state index is 11.0. The van der Waals surface area contributed by atoms with Gasteiger partial charge in [0.05, 0.1) is 13.7 Å². The average molecular weight is 236 g/mol. The first-order chi connectivity index (χ1) is 8.22. The number of hydrogen-bond donors (Lipinski definition) is 0. The monoisotopic (exact) mass is 236 g/mol. The summed E-state index contributed by atoms with van der Waals surface area (Å²) < 4.78 is 10.2. The van der Waals surface area contributed by atoms with Crippen molar-refractivity contribution < 1.29 is 14.3 Å². The van der Waals surface area contributed by atoms with E-state index in [1.165, 1.54) is 12.7 Å². The van der Waals surface area contributed by atoms with Crippen molar-refractivity contribution in [2.45, 2.75) is 26.4 Å². The summed E-state index contributed by atoms with van der Waals surface area (Å²) in [6.07, 6.45) is 1.34. The van der Waals surface area contributed by atoms with Gasteiger partial charge in [-0.05, 0) is 17.9 Å². The van der Waals surface area contributed by atoms with Crippen molar-refractivity contribution >= 4 is 5.97 Å². The van der Waals surface area contributed by atoms with Gasteiger partial charge >= 0.3 is 5.97 Å². The highest BCUT2D eigenvalue weighted by Crippen LogP contribution is 2.09. The maximum Gasteiger partial charge on any atom is 0.305 e. The number of rotatable bonds is 7. The van der Waals surface area contributed by atoms with Crippen molar-refractivity contribution in [3.63, 3.8) is 0 Å². The van der Waals surface area contributed by atoms with Gasteiger partial charge in [-0.25, -0.2) is 0 Å². The lowest BCUT2D eigenvalue weighted by molar-refractivity contribution is -0.141. The molecule has 1 aromatic carbocycles. The highest BCUT2D eigenvalue weighted by atomic mass is 16.5. The van der Waals surface area contributed by atoms with Gasteiger partial charge in [-0.3, -0.25) is 4.79 Å². The third kappa shape index (κ3) is 6.07. The van der Waals surface area contributed by atoms with Crippen molar-refractivity contribution in [2.24, 2.45) is 5.92 Å². The zero-order chi connectivity index (χ0) is 12.5. The van der Waals surface area contributed by atoms with Crippen LogP contribution >= 0.6 is 0 Å². The van der Waals surface area contributed by atoms with E-state index in [4.69, 9.17) is 4.74 Å². The number of hydrogen-bond acceptors (Lipinski definition) is 3. The molecule has 3 heteroatoms. The number of methoxy groups -OCH3 is 1. The Balaban J connectivity index is 2.10. The molecule has 0 aliphatic heterocycles. The van der Waals surface area contributed by atoms with Gasteiger partial charge in [0, 0.05) is 13.0 Å². The highest BCUT2D eigenvalue weighted by Gasteiger charge is 2.08. The molecule has 0 aliphatic rings. The largest absolute Gasteiger partial charge is 0.469 e. The predicted molar refractivity (Wildman–Crippen MR) is 66.5 cm³/mol. The second kappa shape index (κ2) is 7.85. The summed E-state index contributed by atoms with van der Waals surface area (Å²) in [5.74, 6) is 0.152. The van der Waals surface area contributed by atoms with E-state index in [9.17, 15) is 4.79 Å². The van der Waals surface area contributed by atoms with Gasteiger partial charge in [0.1, 0.15) is 0 Å². The second-order valence-electron chi connectivity index (χ2n) is 4.21. The third-order valence-corrected chi connectivity index (χ3v) is 2.61. The summed E-state index contributed by atoms with van der Waals surface area (Å²) in [6.45, 7) is 3.33. The molecule has 1 atom stereocenters. The van der Waals surface area contributed by atoms with Crippen molar-refractivity contribution in [3.8, 4) is 0 Å². The number of benzene rings is 1. The molecular formula is C14H20O3. The van der Waals surface area contributed by atoms with Crippen LogP contribution in [0.1, 0.15) is 25.3 Å². The lowest BCUT2D eigenvalue weighted by atomic mass is 10.1. The molecule has 0 aromatic heterocycles. The number of carbonyl (C=O) groups is 1. The van der Waals surface area contributed by atoms with E-state index in [-0.39, 0.29) is 5.97 Å². The molecule has 1 aromatic rings. The van der Waals surface area contributed by atoms with Crippen molar-refractivity contribution in [1.29, 1.82) is 0 Å². The molecule has 0 fully saturated rings. The third-order valence-electron chi connectivity index (χ3n) is 2.61. The van der Waals surface area contributed by atoms with Crippen molar-refractivity contribution in [3.05, 3.63) is 35.9 Å². The van der Waals surface area contributed by atoms with Crippen LogP contribution in [0.4, 0.5) is 0 Å². The Bertz CT molecular complexity index is 321. The van der Waals surface area contributed by atoms with Crippen LogP contribution in [0.5, 0.6) is 0 Å². The van der Waals surface area contributed by atoms with Crippen LogP contribution in [0, 0.1) is 5.92 Å². The fourth-order valence-corrected chi connectivity index (χ4v) is 1.52. The summed E-state index contributed by atoms with van der Waals surface area (Å²) in [4.78, 5) is 11.0. The van der Waals surface area contributed by atoms with E-state index in [0.717, 1.165) is 6.42 Å². The summed E-state index contributed by atoms with van der Waals surface area (Å²) >= 11 is 0. The minimum atomic E-state index is -0.152. The van der Waals surface area contributed by atoms with Gasteiger partial charge in [-0.1, -0.05) is 37.3 Å². The molecule has 0 N–H and O–H groups in total. The molecule has 1 rings (SSSR count). The molecule has 0 heterocycles. The first-order valence-corrected chi connectivity index (χ1v) is 5.91. The van der Waals surface area contributed by atoms with E-state index >= 15 is 0 Å². The van der Waals surface area contributed by atoms with Crippen LogP contribution in [-0.2, 0) is 20.9 Å². The lowest BCUT2D eigenvalue weighted by Crippen LogP contribution is -2.09. The number of carbonyl (C=O) groups excluding carboxylic acids is 1. The molecule has 1 unspecified atom stereocenters. The topological polar surface area (TPSA) is 35.5 Å². The summed E-state index contributed by atoms with van der Waals surface area (Å²) in [6, 6.07) is 10.1. The van der Waals surface area contributed by atoms with Crippen LogP contribution in [0.15, 0.2) is 30.3 Å².